The van der Waals surface area contributed by atoms with Crippen LogP contribution in [0.2, 0.25) is 5.02 Å². The van der Waals surface area contributed by atoms with Crippen molar-refractivity contribution < 1.29 is 9.84 Å². The lowest BCUT2D eigenvalue weighted by atomic mass is 10.1. The number of aromatic nitrogens is 2. The van der Waals surface area contributed by atoms with Crippen molar-refractivity contribution in [1.82, 2.24) is 9.78 Å². The summed E-state index contributed by atoms with van der Waals surface area (Å²) in [6.07, 6.45) is 0.434. The van der Waals surface area contributed by atoms with E-state index in [1.54, 1.807) is 22.6 Å². The normalized spacial score (nSPS) is 19.2. The quantitative estimate of drug-likeness (QED) is 0.935. The van der Waals surface area contributed by atoms with Gasteiger partial charge in [-0.1, -0.05) is 23.7 Å². The van der Waals surface area contributed by atoms with Crippen molar-refractivity contribution in [3.05, 3.63) is 41.2 Å². The van der Waals surface area contributed by atoms with Gasteiger partial charge in [-0.25, -0.2) is 0 Å². The first-order valence-electron chi connectivity index (χ1n) is 6.87. The summed E-state index contributed by atoms with van der Waals surface area (Å²) in [5.74, 6) is 1.49. The van der Waals surface area contributed by atoms with E-state index in [4.69, 9.17) is 16.3 Å². The maximum Gasteiger partial charge on any atom is 0.140 e. The molecule has 4 nitrogen and oxygen atoms in total. The molecule has 1 aromatic heterocycles. The monoisotopic (exact) mass is 324 g/mol. The molecule has 0 bridgehead atoms. The largest absolute Gasteiger partial charge is 0.485 e. The van der Waals surface area contributed by atoms with E-state index in [1.807, 2.05) is 38.1 Å². The number of thioether (sulfide) groups is 1. The van der Waals surface area contributed by atoms with Crippen molar-refractivity contribution in [2.45, 2.75) is 37.0 Å². The van der Waals surface area contributed by atoms with Gasteiger partial charge in [0.2, 0.25) is 0 Å². The molecule has 0 amide bonds. The highest BCUT2D eigenvalue weighted by molar-refractivity contribution is 7.99. The average molecular weight is 325 g/mol. The van der Waals surface area contributed by atoms with Gasteiger partial charge < -0.3 is 9.84 Å². The summed E-state index contributed by atoms with van der Waals surface area (Å²) in [6.45, 7) is 4.01. The van der Waals surface area contributed by atoms with Crippen LogP contribution in [0.3, 0.4) is 0 Å². The molecule has 0 aliphatic carbocycles. The van der Waals surface area contributed by atoms with Crippen LogP contribution in [-0.4, -0.2) is 26.7 Å². The second kappa shape index (κ2) is 5.91. The van der Waals surface area contributed by atoms with Gasteiger partial charge in [-0.05, 0) is 26.0 Å². The SMILES string of the molecule is CC(C)n1ncc(Cl)c1C(O)C1CSc2ccccc2O1. The molecule has 112 valence electrons. The zero-order chi connectivity index (χ0) is 15.0. The van der Waals surface area contributed by atoms with E-state index in [0.717, 1.165) is 10.6 Å². The predicted molar refractivity (Wildman–Crippen MR) is 84.2 cm³/mol. The number of fused-ring (bicyclic) bond motifs is 1. The third-order valence-corrected chi connectivity index (χ3v) is 4.87. The summed E-state index contributed by atoms with van der Waals surface area (Å²) in [5.41, 5.74) is 0.622. The number of ether oxygens (including phenoxy) is 1. The maximum atomic E-state index is 10.7. The van der Waals surface area contributed by atoms with Gasteiger partial charge in [-0.3, -0.25) is 4.68 Å². The van der Waals surface area contributed by atoms with Gasteiger partial charge in [0, 0.05) is 16.7 Å². The number of aliphatic hydroxyl groups excluding tert-OH is 1. The van der Waals surface area contributed by atoms with Gasteiger partial charge in [0.05, 0.1) is 16.9 Å². The molecule has 1 aliphatic rings. The molecule has 0 saturated carbocycles. The molecule has 0 radical (unpaired) electrons. The van der Waals surface area contributed by atoms with Crippen LogP contribution in [-0.2, 0) is 0 Å². The summed E-state index contributed by atoms with van der Waals surface area (Å²) in [5, 5.41) is 15.4. The molecule has 2 heterocycles. The van der Waals surface area contributed by atoms with Crippen LogP contribution in [0.5, 0.6) is 5.75 Å². The topological polar surface area (TPSA) is 47.3 Å². The molecule has 3 rings (SSSR count). The van der Waals surface area contributed by atoms with E-state index < -0.39 is 6.10 Å². The standard InChI is InChI=1S/C15H17ClN2O2S/c1-9(2)18-14(10(16)7-17-18)15(19)12-8-21-13-6-4-3-5-11(13)20-12/h3-7,9,12,15,19H,8H2,1-2H3. The molecule has 0 saturated heterocycles. The van der Waals surface area contributed by atoms with E-state index in [-0.39, 0.29) is 12.1 Å². The van der Waals surface area contributed by atoms with Gasteiger partial charge in [-0.15, -0.1) is 11.8 Å². The van der Waals surface area contributed by atoms with Crippen LogP contribution in [0, 0.1) is 0 Å². The fourth-order valence-electron chi connectivity index (χ4n) is 2.41. The van der Waals surface area contributed by atoms with Gasteiger partial charge in [-0.2, -0.15) is 5.10 Å². The van der Waals surface area contributed by atoms with E-state index in [0.29, 0.717) is 16.5 Å². The highest BCUT2D eigenvalue weighted by atomic mass is 35.5. The Hall–Kier alpha value is -1.17. The Kier molecular flexibility index (Phi) is 4.15. The number of halogens is 1. The molecule has 0 fully saturated rings. The fourth-order valence-corrected chi connectivity index (χ4v) is 3.68. The lowest BCUT2D eigenvalue weighted by molar-refractivity contribution is 0.0390. The average Bonchev–Trinajstić information content (AvgIpc) is 2.88. The van der Waals surface area contributed by atoms with Crippen LogP contribution in [0.1, 0.15) is 31.7 Å². The first-order chi connectivity index (χ1) is 10.1. The van der Waals surface area contributed by atoms with Crippen LogP contribution in [0.4, 0.5) is 0 Å². The van der Waals surface area contributed by atoms with Crippen molar-refractivity contribution in [3.63, 3.8) is 0 Å². The highest BCUT2D eigenvalue weighted by Crippen LogP contribution is 2.39. The fraction of sp³-hybridized carbons (Fsp3) is 0.400. The number of para-hydroxylation sites is 1. The summed E-state index contributed by atoms with van der Waals surface area (Å²) in [7, 11) is 0. The molecule has 0 spiro atoms. The Morgan fingerprint density at radius 3 is 2.95 bits per heavy atom. The molecular weight excluding hydrogens is 308 g/mol. The molecular formula is C15H17ClN2O2S. The van der Waals surface area contributed by atoms with Crippen molar-refractivity contribution in [1.29, 1.82) is 0 Å². The minimum absolute atomic E-state index is 0.130. The summed E-state index contributed by atoms with van der Waals surface area (Å²) < 4.78 is 7.69. The number of nitrogens with zero attached hydrogens (tertiary/aromatic N) is 2. The summed E-state index contributed by atoms with van der Waals surface area (Å²) in [4.78, 5) is 1.10. The summed E-state index contributed by atoms with van der Waals surface area (Å²) >= 11 is 7.88. The molecule has 21 heavy (non-hydrogen) atoms. The molecule has 6 heteroatoms. The Bertz CT molecular complexity index is 644. The smallest absolute Gasteiger partial charge is 0.140 e. The van der Waals surface area contributed by atoms with Crippen molar-refractivity contribution in [2.24, 2.45) is 0 Å². The number of aliphatic hydroxyl groups is 1. The number of benzene rings is 1. The Morgan fingerprint density at radius 1 is 1.43 bits per heavy atom. The number of hydrogen-bond acceptors (Lipinski definition) is 4. The lowest BCUT2D eigenvalue weighted by Gasteiger charge is -2.30. The minimum Gasteiger partial charge on any atom is -0.485 e. The second-order valence-electron chi connectivity index (χ2n) is 5.27. The van der Waals surface area contributed by atoms with Crippen LogP contribution < -0.4 is 4.74 Å². The van der Waals surface area contributed by atoms with E-state index in [1.165, 1.54) is 0 Å². The zero-order valence-corrected chi connectivity index (χ0v) is 13.4. The van der Waals surface area contributed by atoms with Gasteiger partial charge >= 0.3 is 0 Å². The van der Waals surface area contributed by atoms with E-state index in [2.05, 4.69) is 5.10 Å². The van der Waals surface area contributed by atoms with E-state index >= 15 is 0 Å². The molecule has 1 aromatic carbocycles. The Morgan fingerprint density at radius 2 is 2.19 bits per heavy atom. The third kappa shape index (κ3) is 2.78. The van der Waals surface area contributed by atoms with Crippen LogP contribution in [0.15, 0.2) is 35.4 Å². The minimum atomic E-state index is -0.803. The number of hydrogen-bond donors (Lipinski definition) is 1. The Balaban J connectivity index is 1.87. The molecule has 1 N–H and O–H groups in total. The summed E-state index contributed by atoms with van der Waals surface area (Å²) in [6, 6.07) is 7.98. The molecule has 2 aromatic rings. The Labute approximate surface area is 133 Å². The van der Waals surface area contributed by atoms with Gasteiger partial charge in [0.15, 0.2) is 0 Å². The van der Waals surface area contributed by atoms with Crippen molar-refractivity contribution in [2.75, 3.05) is 5.75 Å². The van der Waals surface area contributed by atoms with Crippen molar-refractivity contribution >= 4 is 23.4 Å². The molecule has 1 aliphatic heterocycles. The first-order valence-corrected chi connectivity index (χ1v) is 8.23. The zero-order valence-electron chi connectivity index (χ0n) is 11.9. The second-order valence-corrected chi connectivity index (χ2v) is 6.74. The van der Waals surface area contributed by atoms with Crippen LogP contribution >= 0.6 is 23.4 Å². The molecule has 2 unspecified atom stereocenters. The third-order valence-electron chi connectivity index (χ3n) is 3.44. The molecule has 2 atom stereocenters. The van der Waals surface area contributed by atoms with Gasteiger partial charge in [0.1, 0.15) is 18.0 Å². The highest BCUT2D eigenvalue weighted by Gasteiger charge is 2.32. The lowest BCUT2D eigenvalue weighted by Crippen LogP contribution is -2.32. The predicted octanol–water partition coefficient (Wildman–Crippen LogP) is 3.70. The first kappa shape index (κ1) is 14.8. The van der Waals surface area contributed by atoms with E-state index in [9.17, 15) is 5.11 Å². The van der Waals surface area contributed by atoms with Gasteiger partial charge in [0.25, 0.3) is 0 Å². The van der Waals surface area contributed by atoms with Crippen LogP contribution in [0.25, 0.3) is 0 Å². The number of rotatable bonds is 3. The van der Waals surface area contributed by atoms with Crippen molar-refractivity contribution in [3.8, 4) is 5.75 Å². The maximum absolute atomic E-state index is 10.7.